The van der Waals surface area contributed by atoms with Gasteiger partial charge in [0.25, 0.3) is 0 Å². The number of carboxylic acid groups (broad SMARTS) is 1. The van der Waals surface area contributed by atoms with Crippen molar-refractivity contribution in [2.75, 3.05) is 6.61 Å². The first-order valence-electron chi connectivity index (χ1n) is 7.56. The van der Waals surface area contributed by atoms with Gasteiger partial charge in [0.2, 0.25) is 0 Å². The van der Waals surface area contributed by atoms with E-state index in [1.165, 1.54) is 0 Å². The fourth-order valence-corrected chi connectivity index (χ4v) is 2.29. The van der Waals surface area contributed by atoms with Crippen LogP contribution < -0.4 is 0 Å². The van der Waals surface area contributed by atoms with Crippen LogP contribution in [0.1, 0.15) is 18.1 Å². The summed E-state index contributed by atoms with van der Waals surface area (Å²) in [4.78, 5) is 21.8. The zero-order chi connectivity index (χ0) is 19.7. The lowest BCUT2D eigenvalue weighted by atomic mass is 10.1. The van der Waals surface area contributed by atoms with Gasteiger partial charge in [-0.05, 0) is 42.3 Å². The van der Waals surface area contributed by atoms with Crippen molar-refractivity contribution in [3.63, 3.8) is 0 Å². The highest BCUT2D eigenvalue weighted by Gasteiger charge is 2.09. The zero-order valence-electron chi connectivity index (χ0n) is 14.2. The van der Waals surface area contributed by atoms with Crippen LogP contribution in [0.4, 0.5) is 0 Å². The van der Waals surface area contributed by atoms with E-state index in [1.54, 1.807) is 31.2 Å². The molecule has 0 fully saturated rings. The van der Waals surface area contributed by atoms with Gasteiger partial charge in [-0.2, -0.15) is 0 Å². The Morgan fingerprint density at radius 2 is 1.27 bits per heavy atom. The van der Waals surface area contributed by atoms with Gasteiger partial charge in [-0.15, -0.1) is 0 Å². The number of halogens is 2. The quantitative estimate of drug-likeness (QED) is 0.447. The molecule has 0 atom stereocenters. The Balaban J connectivity index is 0.000000263. The van der Waals surface area contributed by atoms with Crippen LogP contribution in [-0.2, 0) is 14.3 Å². The average Bonchev–Trinajstić information content (AvgIpc) is 2.62. The Morgan fingerprint density at radius 1 is 0.885 bits per heavy atom. The van der Waals surface area contributed by atoms with Gasteiger partial charge in [-0.25, -0.2) is 9.59 Å². The maximum Gasteiger partial charge on any atom is 0.338 e. The van der Waals surface area contributed by atoms with E-state index in [1.807, 2.05) is 24.3 Å². The molecule has 1 N–H and O–H groups in total. The second kappa shape index (κ2) is 10.7. The third kappa shape index (κ3) is 6.98. The highest BCUT2D eigenvalue weighted by molar-refractivity contribution is 9.10. The van der Waals surface area contributed by atoms with Crippen LogP contribution in [-0.4, -0.2) is 23.7 Å². The predicted molar refractivity (Wildman–Crippen MR) is 111 cm³/mol. The minimum atomic E-state index is -0.989. The van der Waals surface area contributed by atoms with Gasteiger partial charge < -0.3 is 9.84 Å². The van der Waals surface area contributed by atoms with Crippen molar-refractivity contribution in [2.24, 2.45) is 0 Å². The normalized spacial score (nSPS) is 9.50. The Kier molecular flexibility index (Phi) is 9.02. The summed E-state index contributed by atoms with van der Waals surface area (Å²) < 4.78 is 6.73. The van der Waals surface area contributed by atoms with E-state index in [4.69, 9.17) is 9.84 Å². The first-order chi connectivity index (χ1) is 12.3. The number of carbonyl (C=O) groups excluding carboxylic acids is 1. The van der Waals surface area contributed by atoms with Gasteiger partial charge in [0.1, 0.15) is 0 Å². The molecule has 0 unspecified atom stereocenters. The third-order valence-electron chi connectivity index (χ3n) is 3.17. The van der Waals surface area contributed by atoms with Gasteiger partial charge in [0, 0.05) is 8.95 Å². The minimum absolute atomic E-state index is 0.113. The molecule has 0 aliphatic rings. The van der Waals surface area contributed by atoms with E-state index in [0.29, 0.717) is 17.7 Å². The van der Waals surface area contributed by atoms with Gasteiger partial charge in [-0.3, -0.25) is 0 Å². The molecule has 136 valence electrons. The second-order valence-corrected chi connectivity index (χ2v) is 6.83. The summed E-state index contributed by atoms with van der Waals surface area (Å²) in [5, 5.41) is 8.59. The topological polar surface area (TPSA) is 63.6 Å². The molecule has 2 rings (SSSR count). The molecule has 0 bridgehead atoms. The summed E-state index contributed by atoms with van der Waals surface area (Å²) in [6.07, 6.45) is 0. The highest BCUT2D eigenvalue weighted by Crippen LogP contribution is 2.18. The summed E-state index contributed by atoms with van der Waals surface area (Å²) in [6, 6.07) is 14.3. The lowest BCUT2D eigenvalue weighted by molar-refractivity contribution is -0.136. The number of aliphatic carboxylic acids is 1. The molecule has 0 heterocycles. The van der Waals surface area contributed by atoms with E-state index >= 15 is 0 Å². The van der Waals surface area contributed by atoms with E-state index in [9.17, 15) is 9.59 Å². The summed E-state index contributed by atoms with van der Waals surface area (Å²) in [5.41, 5.74) is 1.92. The average molecular weight is 482 g/mol. The van der Waals surface area contributed by atoms with Crippen LogP contribution in [0.3, 0.4) is 0 Å². The third-order valence-corrected chi connectivity index (χ3v) is 4.22. The molecule has 0 saturated carbocycles. The maximum atomic E-state index is 11.3. The molecule has 6 heteroatoms. The Hall–Kier alpha value is -2.18. The van der Waals surface area contributed by atoms with Crippen molar-refractivity contribution in [1.82, 2.24) is 0 Å². The fourth-order valence-electron chi connectivity index (χ4n) is 1.76. The summed E-state index contributed by atoms with van der Waals surface area (Å²) in [5.74, 6) is -1.35. The van der Waals surface area contributed by atoms with Crippen molar-refractivity contribution >= 4 is 54.9 Å². The molecule has 2 aromatic rings. The van der Waals surface area contributed by atoms with E-state index in [2.05, 4.69) is 45.0 Å². The molecular formula is C20H18Br2O4. The minimum Gasteiger partial charge on any atom is -0.478 e. The number of hydrogen-bond acceptors (Lipinski definition) is 3. The van der Waals surface area contributed by atoms with Crippen LogP contribution in [0, 0.1) is 0 Å². The Bertz CT molecular complexity index is 794. The maximum absolute atomic E-state index is 11.3. The van der Waals surface area contributed by atoms with Crippen molar-refractivity contribution < 1.29 is 19.4 Å². The van der Waals surface area contributed by atoms with Gasteiger partial charge in [0.05, 0.1) is 17.8 Å². The molecule has 0 aliphatic heterocycles. The highest BCUT2D eigenvalue weighted by atomic mass is 79.9. The molecule has 0 radical (unpaired) electrons. The van der Waals surface area contributed by atoms with Gasteiger partial charge >= 0.3 is 11.9 Å². The number of carbonyl (C=O) groups is 2. The van der Waals surface area contributed by atoms with Gasteiger partial charge in [0.15, 0.2) is 0 Å². The second-order valence-electron chi connectivity index (χ2n) is 5.00. The van der Waals surface area contributed by atoms with Crippen molar-refractivity contribution in [2.45, 2.75) is 6.92 Å². The number of ether oxygens (including phenoxy) is 1. The van der Waals surface area contributed by atoms with Gasteiger partial charge in [-0.1, -0.05) is 69.3 Å². The number of hydrogen-bond donors (Lipinski definition) is 1. The molecular weight excluding hydrogens is 464 g/mol. The first-order valence-corrected chi connectivity index (χ1v) is 9.15. The zero-order valence-corrected chi connectivity index (χ0v) is 17.3. The molecule has 0 spiro atoms. The van der Waals surface area contributed by atoms with Crippen LogP contribution in [0.2, 0.25) is 0 Å². The lowest BCUT2D eigenvalue weighted by Gasteiger charge is -2.04. The molecule has 0 amide bonds. The molecule has 0 aliphatic carbocycles. The lowest BCUT2D eigenvalue weighted by Crippen LogP contribution is -2.05. The van der Waals surface area contributed by atoms with Crippen LogP contribution in [0.5, 0.6) is 0 Å². The number of esters is 1. The predicted octanol–water partition coefficient (Wildman–Crippen LogP) is 5.57. The first kappa shape index (κ1) is 21.9. The summed E-state index contributed by atoms with van der Waals surface area (Å²) >= 11 is 6.57. The summed E-state index contributed by atoms with van der Waals surface area (Å²) in [7, 11) is 0. The number of rotatable bonds is 5. The monoisotopic (exact) mass is 480 g/mol. The molecule has 2 aromatic carbocycles. The number of benzene rings is 2. The molecule has 26 heavy (non-hydrogen) atoms. The van der Waals surface area contributed by atoms with Crippen molar-refractivity contribution in [3.05, 3.63) is 81.8 Å². The van der Waals surface area contributed by atoms with E-state index in [-0.39, 0.29) is 11.5 Å². The van der Waals surface area contributed by atoms with E-state index < -0.39 is 5.97 Å². The summed E-state index contributed by atoms with van der Waals surface area (Å²) in [6.45, 7) is 9.26. The largest absolute Gasteiger partial charge is 0.478 e. The smallest absolute Gasteiger partial charge is 0.338 e. The molecule has 4 nitrogen and oxygen atoms in total. The Labute approximate surface area is 169 Å². The van der Waals surface area contributed by atoms with Crippen LogP contribution >= 0.6 is 31.9 Å². The van der Waals surface area contributed by atoms with Crippen LogP contribution in [0.15, 0.2) is 70.6 Å². The van der Waals surface area contributed by atoms with Crippen LogP contribution in [0.25, 0.3) is 11.1 Å². The number of carboxylic acids is 1. The fraction of sp³-hybridized carbons (Fsp3) is 0.100. The Morgan fingerprint density at radius 3 is 1.62 bits per heavy atom. The molecule has 0 saturated heterocycles. The SMILES string of the molecule is C=C(C(=O)O)c1ccc(Br)cc1.C=C(C(=O)OCC)c1ccc(Br)cc1. The van der Waals surface area contributed by atoms with E-state index in [0.717, 1.165) is 14.5 Å². The van der Waals surface area contributed by atoms with Crippen molar-refractivity contribution in [3.8, 4) is 0 Å². The standard InChI is InChI=1S/C11H11BrO2.C9H7BrO2/c1-3-14-11(13)8(2)9-4-6-10(12)7-5-9;1-6(9(11)12)7-2-4-8(10)5-3-7/h4-7H,2-3H2,1H3;2-5H,1H2,(H,11,12). The van der Waals surface area contributed by atoms with Crippen molar-refractivity contribution in [1.29, 1.82) is 0 Å². The molecule has 0 aromatic heterocycles.